The van der Waals surface area contributed by atoms with Gasteiger partial charge < -0.3 is 23.3 Å². The Morgan fingerprint density at radius 1 is 0.833 bits per heavy atom. The van der Waals surface area contributed by atoms with Crippen molar-refractivity contribution in [3.05, 3.63) is 35.9 Å². The van der Waals surface area contributed by atoms with Gasteiger partial charge in [-0.15, -0.1) is 0 Å². The van der Waals surface area contributed by atoms with Gasteiger partial charge in [0.15, 0.2) is 25.2 Å². The van der Waals surface area contributed by atoms with Gasteiger partial charge in [0.05, 0.1) is 6.61 Å². The molecular weight excluding hydrogens is 425 g/mol. The van der Waals surface area contributed by atoms with Gasteiger partial charge in [-0.2, -0.15) is 0 Å². The second-order valence-corrected chi connectivity index (χ2v) is 10.1. The molecule has 7 nitrogen and oxygen atoms in total. The molecule has 0 heterocycles. The van der Waals surface area contributed by atoms with Crippen LogP contribution in [-0.4, -0.2) is 58.7 Å². The Bertz CT molecular complexity index is 554. The second kappa shape index (κ2) is 14.1. The van der Waals surface area contributed by atoms with Crippen LogP contribution in [0.25, 0.3) is 0 Å². The molecule has 0 fully saturated rings. The summed E-state index contributed by atoms with van der Waals surface area (Å²) >= 11 is 0. The fourth-order valence-corrected chi connectivity index (χ4v) is 3.82. The molecule has 10 heteroatoms. The third-order valence-corrected chi connectivity index (χ3v) is 4.89. The fourth-order valence-electron chi connectivity index (χ4n) is 2.66. The molecule has 0 saturated carbocycles. The van der Waals surface area contributed by atoms with Gasteiger partial charge in [-0.25, -0.2) is 0 Å². The van der Waals surface area contributed by atoms with Crippen LogP contribution in [0.2, 0.25) is 0 Å². The maximum atomic E-state index is 5.98. The van der Waals surface area contributed by atoms with Crippen LogP contribution in [0.1, 0.15) is 40.2 Å². The zero-order valence-corrected chi connectivity index (χ0v) is 21.0. The Kier molecular flexibility index (Phi) is 13.1. The first-order valence-electron chi connectivity index (χ1n) is 9.83. The van der Waals surface area contributed by atoms with Crippen molar-refractivity contribution in [3.63, 3.8) is 0 Å². The smallest absolute Gasteiger partial charge is 0.284 e. The Morgan fingerprint density at radius 3 is 1.80 bits per heavy atom. The number of ether oxygens (including phenoxy) is 5. The number of benzene rings is 1. The minimum Gasteiger partial charge on any atom is -0.342 e. The van der Waals surface area contributed by atoms with Gasteiger partial charge in [-0.1, -0.05) is 30.3 Å². The first kappa shape index (κ1) is 27.9. The molecule has 170 valence electrons. The van der Waals surface area contributed by atoms with Crippen molar-refractivity contribution < 1.29 is 32.7 Å². The van der Waals surface area contributed by atoms with Crippen LogP contribution in [0.5, 0.6) is 0 Å². The van der Waals surface area contributed by atoms with E-state index < -0.39 is 47.3 Å². The van der Waals surface area contributed by atoms with Crippen LogP contribution in [-0.2, 0) is 39.3 Å². The minimum atomic E-state index is -1.43. The largest absolute Gasteiger partial charge is 0.342 e. The van der Waals surface area contributed by atoms with Gasteiger partial charge in [0.1, 0.15) is 7.57 Å². The molecule has 0 aliphatic rings. The van der Waals surface area contributed by atoms with Gasteiger partial charge in [-0.3, -0.25) is 9.47 Å². The summed E-state index contributed by atoms with van der Waals surface area (Å²) in [6.07, 6.45) is -2.29. The highest BCUT2D eigenvalue weighted by atomic mass is 31.1. The number of hydrogen-bond donors (Lipinski definition) is 0. The highest BCUT2D eigenvalue weighted by Gasteiger charge is 2.34. The van der Waals surface area contributed by atoms with Crippen LogP contribution < -0.4 is 0 Å². The molecule has 0 amide bonds. The van der Waals surface area contributed by atoms with Crippen LogP contribution >= 0.6 is 16.2 Å². The summed E-state index contributed by atoms with van der Waals surface area (Å²) in [5.41, 5.74) is 0.980. The molecule has 6 atom stereocenters. The molecule has 2 radical (unpaired) electrons. The van der Waals surface area contributed by atoms with Crippen molar-refractivity contribution in [2.45, 2.75) is 72.4 Å². The summed E-state index contributed by atoms with van der Waals surface area (Å²) in [5.74, 6) is -1.43. The topological polar surface area (TPSA) is 64.6 Å². The van der Waals surface area contributed by atoms with Crippen molar-refractivity contribution >= 4 is 23.7 Å². The molecule has 0 bridgehead atoms. The van der Waals surface area contributed by atoms with E-state index in [0.717, 1.165) is 5.56 Å². The van der Waals surface area contributed by atoms with Crippen molar-refractivity contribution in [2.24, 2.45) is 0 Å². The Labute approximate surface area is 185 Å². The Balaban J connectivity index is 2.76. The highest BCUT2D eigenvalue weighted by molar-refractivity contribution is 7.77. The van der Waals surface area contributed by atoms with E-state index in [-0.39, 0.29) is 6.61 Å². The molecule has 1 aromatic carbocycles. The highest BCUT2D eigenvalue weighted by Crippen LogP contribution is 2.30. The maximum Gasteiger partial charge on any atom is 0.284 e. The monoisotopic (exact) mass is 460 g/mol. The molecule has 0 aliphatic carbocycles. The molecule has 0 N–H and O–H groups in total. The fraction of sp³-hybridized carbons (Fsp3) is 0.700. The quantitative estimate of drug-likeness (QED) is 0.204. The molecule has 0 spiro atoms. The van der Waals surface area contributed by atoms with Crippen LogP contribution in [0, 0.1) is 0 Å². The predicted molar refractivity (Wildman–Crippen MR) is 121 cm³/mol. The van der Waals surface area contributed by atoms with E-state index in [2.05, 4.69) is 0 Å². The van der Waals surface area contributed by atoms with Crippen molar-refractivity contribution in [1.82, 2.24) is 0 Å². The maximum absolute atomic E-state index is 5.98. The zero-order chi connectivity index (χ0) is 22.7. The van der Waals surface area contributed by atoms with E-state index in [4.69, 9.17) is 40.3 Å². The Morgan fingerprint density at radius 2 is 1.33 bits per heavy atom. The van der Waals surface area contributed by atoms with E-state index in [0.29, 0.717) is 0 Å². The van der Waals surface area contributed by atoms with Gasteiger partial charge in [0.2, 0.25) is 0 Å². The normalized spacial score (nSPS) is 19.1. The Hall–Kier alpha value is -0.135. The van der Waals surface area contributed by atoms with Crippen molar-refractivity contribution in [2.75, 3.05) is 20.0 Å². The zero-order valence-electron chi connectivity index (χ0n) is 19.2. The first-order chi connectivity index (χ1) is 14.0. The number of hydrogen-bond acceptors (Lipinski definition) is 7. The van der Waals surface area contributed by atoms with E-state index in [1.807, 2.05) is 50.6 Å². The van der Waals surface area contributed by atoms with E-state index in [1.165, 1.54) is 0 Å². The van der Waals surface area contributed by atoms with E-state index in [1.54, 1.807) is 34.4 Å². The summed E-state index contributed by atoms with van der Waals surface area (Å²) < 4.78 is 40.5. The van der Waals surface area contributed by atoms with Crippen molar-refractivity contribution in [1.29, 1.82) is 0 Å². The van der Waals surface area contributed by atoms with E-state index in [9.17, 15) is 0 Å². The summed E-state index contributed by atoms with van der Waals surface area (Å²) in [6, 6.07) is 9.75. The molecule has 6 unspecified atom stereocenters. The summed E-state index contributed by atoms with van der Waals surface area (Å²) in [5, 5.41) is 0. The lowest BCUT2D eigenvalue weighted by molar-refractivity contribution is -0.448. The van der Waals surface area contributed by atoms with Gasteiger partial charge >= 0.3 is 0 Å². The van der Waals surface area contributed by atoms with Crippen LogP contribution in [0.15, 0.2) is 30.3 Å². The standard InChI is InChI=1S/C20H35BO7P2/c1-15(23-17(3)27-29(6)7)25-20(5,22-14-19-12-10-9-11-13-19)26-16(2)24-18(4)28-30(8)21/h9-13,15-18H,14H2,1-8H3. The third kappa shape index (κ3) is 12.7. The SMILES string of the molecule is [B]P(C)OC(C)OC(C)OC(C)(OCc1ccccc1)OC(C)OC(C)OP(C)C. The molecular formula is C20H35BO7P2. The third-order valence-electron chi connectivity index (χ3n) is 3.54. The summed E-state index contributed by atoms with van der Waals surface area (Å²) in [7, 11) is 4.10. The molecule has 0 aliphatic heterocycles. The van der Waals surface area contributed by atoms with E-state index >= 15 is 0 Å². The average molecular weight is 460 g/mol. The molecule has 1 rings (SSSR count). The van der Waals surface area contributed by atoms with Crippen molar-refractivity contribution in [3.8, 4) is 0 Å². The lowest BCUT2D eigenvalue weighted by Gasteiger charge is -2.35. The molecule has 30 heavy (non-hydrogen) atoms. The van der Waals surface area contributed by atoms with Gasteiger partial charge in [0.25, 0.3) is 5.97 Å². The minimum absolute atomic E-state index is 0.285. The van der Waals surface area contributed by atoms with Crippen LogP contribution in [0.4, 0.5) is 0 Å². The van der Waals surface area contributed by atoms with Gasteiger partial charge in [0, 0.05) is 15.1 Å². The van der Waals surface area contributed by atoms with Crippen LogP contribution in [0.3, 0.4) is 0 Å². The molecule has 0 saturated heterocycles. The summed E-state index contributed by atoms with van der Waals surface area (Å²) in [6.45, 7) is 14.8. The lowest BCUT2D eigenvalue weighted by Crippen LogP contribution is -2.43. The first-order valence-corrected chi connectivity index (χ1v) is 13.8. The molecule has 1 aromatic rings. The average Bonchev–Trinajstić information content (AvgIpc) is 2.58. The molecule has 0 aromatic heterocycles. The predicted octanol–water partition coefficient (Wildman–Crippen LogP) is 5.13. The lowest BCUT2D eigenvalue weighted by atomic mass is 10.2. The number of rotatable bonds is 15. The van der Waals surface area contributed by atoms with Gasteiger partial charge in [-0.05, 0) is 61.3 Å². The second-order valence-electron chi connectivity index (χ2n) is 6.98. The summed E-state index contributed by atoms with van der Waals surface area (Å²) in [4.78, 5) is 0.